The fraction of sp³-hybridized carbons (Fsp3) is 0.278. The number of hydrogen-bond acceptors (Lipinski definition) is 1. The lowest BCUT2D eigenvalue weighted by molar-refractivity contribution is 0.626. The van der Waals surface area contributed by atoms with Crippen LogP contribution in [0.4, 0.5) is 8.78 Å². The second-order valence-corrected chi connectivity index (χ2v) is 5.12. The summed E-state index contributed by atoms with van der Waals surface area (Å²) >= 11 is 0. The summed E-state index contributed by atoms with van der Waals surface area (Å²) in [5, 5.41) is 6.40. The molecule has 0 aliphatic rings. The molecule has 130 valence electrons. The number of nitrogens with zero attached hydrogens (tertiary/aromatic N) is 1. The maximum Gasteiger partial charge on any atom is 0.191 e. The standard InChI is InChI=1S/C18H21F2N3.HI/c1-2-21-18(23-13-15-5-9-17(20)10-6-15)22-12-11-14-3-7-16(19)8-4-14;/h3-10H,2,11-13H2,1H3,(H2,21,22,23);1H. The van der Waals surface area contributed by atoms with E-state index in [4.69, 9.17) is 0 Å². The zero-order chi connectivity index (χ0) is 16.5. The summed E-state index contributed by atoms with van der Waals surface area (Å²) in [6.07, 6.45) is 0.779. The molecule has 0 aliphatic carbocycles. The maximum absolute atomic E-state index is 12.9. The summed E-state index contributed by atoms with van der Waals surface area (Å²) in [5.41, 5.74) is 2.01. The van der Waals surface area contributed by atoms with Crippen molar-refractivity contribution in [3.8, 4) is 0 Å². The number of rotatable bonds is 6. The lowest BCUT2D eigenvalue weighted by Gasteiger charge is -2.11. The molecule has 0 fully saturated rings. The second kappa shape index (κ2) is 11.0. The van der Waals surface area contributed by atoms with Crippen molar-refractivity contribution in [3.63, 3.8) is 0 Å². The minimum absolute atomic E-state index is 0. The number of nitrogens with one attached hydrogen (secondary N) is 2. The minimum Gasteiger partial charge on any atom is -0.357 e. The third kappa shape index (κ3) is 7.25. The van der Waals surface area contributed by atoms with Crippen LogP contribution < -0.4 is 10.6 Å². The zero-order valence-corrected chi connectivity index (χ0v) is 15.9. The molecule has 0 amide bonds. The molecule has 0 heterocycles. The van der Waals surface area contributed by atoms with Crippen molar-refractivity contribution in [1.82, 2.24) is 10.6 Å². The van der Waals surface area contributed by atoms with Gasteiger partial charge in [-0.05, 0) is 48.7 Å². The normalized spacial score (nSPS) is 10.9. The van der Waals surface area contributed by atoms with E-state index in [-0.39, 0.29) is 35.6 Å². The van der Waals surface area contributed by atoms with Crippen LogP contribution in [-0.4, -0.2) is 19.0 Å². The number of halogens is 3. The SMILES string of the molecule is CCNC(=NCc1ccc(F)cc1)NCCc1ccc(F)cc1.I. The molecule has 0 aliphatic heterocycles. The van der Waals surface area contributed by atoms with E-state index in [1.165, 1.54) is 24.3 Å². The summed E-state index contributed by atoms with van der Waals surface area (Å²) in [4.78, 5) is 4.47. The van der Waals surface area contributed by atoms with Crippen molar-refractivity contribution in [2.24, 2.45) is 4.99 Å². The van der Waals surface area contributed by atoms with E-state index in [1.54, 1.807) is 24.3 Å². The van der Waals surface area contributed by atoms with Crippen molar-refractivity contribution < 1.29 is 8.78 Å². The first-order chi connectivity index (χ1) is 11.2. The first kappa shape index (κ1) is 20.3. The van der Waals surface area contributed by atoms with Gasteiger partial charge in [0, 0.05) is 13.1 Å². The molecule has 2 rings (SSSR count). The van der Waals surface area contributed by atoms with Gasteiger partial charge in [-0.1, -0.05) is 24.3 Å². The molecule has 24 heavy (non-hydrogen) atoms. The third-order valence-electron chi connectivity index (χ3n) is 3.30. The van der Waals surface area contributed by atoms with E-state index in [1.807, 2.05) is 6.92 Å². The number of hydrogen-bond donors (Lipinski definition) is 2. The van der Waals surface area contributed by atoms with Crippen LogP contribution in [0.15, 0.2) is 53.5 Å². The molecule has 0 unspecified atom stereocenters. The van der Waals surface area contributed by atoms with Gasteiger partial charge in [0.15, 0.2) is 5.96 Å². The maximum atomic E-state index is 12.9. The molecular weight excluding hydrogens is 423 g/mol. The molecule has 0 saturated heterocycles. The van der Waals surface area contributed by atoms with Crippen LogP contribution in [0.5, 0.6) is 0 Å². The molecule has 0 saturated carbocycles. The van der Waals surface area contributed by atoms with Crippen LogP contribution >= 0.6 is 24.0 Å². The van der Waals surface area contributed by atoms with E-state index in [0.717, 1.165) is 24.1 Å². The molecule has 6 heteroatoms. The highest BCUT2D eigenvalue weighted by Gasteiger charge is 1.99. The Labute approximate surface area is 158 Å². The third-order valence-corrected chi connectivity index (χ3v) is 3.30. The molecule has 2 aromatic carbocycles. The monoisotopic (exact) mass is 445 g/mol. The van der Waals surface area contributed by atoms with Crippen molar-refractivity contribution in [1.29, 1.82) is 0 Å². The summed E-state index contributed by atoms with van der Waals surface area (Å²) < 4.78 is 25.7. The quantitative estimate of drug-likeness (QED) is 0.403. The fourth-order valence-corrected chi connectivity index (χ4v) is 2.08. The van der Waals surface area contributed by atoms with Crippen LogP contribution in [0.1, 0.15) is 18.1 Å². The number of benzene rings is 2. The topological polar surface area (TPSA) is 36.4 Å². The Bertz CT molecular complexity index is 628. The molecule has 2 aromatic rings. The van der Waals surface area contributed by atoms with Gasteiger partial charge in [0.05, 0.1) is 6.54 Å². The van der Waals surface area contributed by atoms with Crippen LogP contribution in [0.3, 0.4) is 0 Å². The smallest absolute Gasteiger partial charge is 0.191 e. The first-order valence-corrected chi connectivity index (χ1v) is 7.68. The van der Waals surface area contributed by atoms with Crippen LogP contribution in [0.25, 0.3) is 0 Å². The molecule has 0 bridgehead atoms. The van der Waals surface area contributed by atoms with Gasteiger partial charge in [0.1, 0.15) is 11.6 Å². The van der Waals surface area contributed by atoms with Crippen molar-refractivity contribution >= 4 is 29.9 Å². The van der Waals surface area contributed by atoms with Crippen molar-refractivity contribution in [2.75, 3.05) is 13.1 Å². The molecular formula is C18H22F2IN3. The Kier molecular flexibility index (Phi) is 9.29. The van der Waals surface area contributed by atoms with Gasteiger partial charge in [-0.3, -0.25) is 0 Å². The first-order valence-electron chi connectivity index (χ1n) is 7.68. The summed E-state index contributed by atoms with van der Waals surface area (Å²) in [7, 11) is 0. The number of guanidine groups is 1. The van der Waals surface area contributed by atoms with E-state index in [9.17, 15) is 8.78 Å². The highest BCUT2D eigenvalue weighted by atomic mass is 127. The predicted octanol–water partition coefficient (Wildman–Crippen LogP) is 3.88. The molecule has 2 N–H and O–H groups in total. The average molecular weight is 445 g/mol. The van der Waals surface area contributed by atoms with E-state index >= 15 is 0 Å². The van der Waals surface area contributed by atoms with Gasteiger partial charge in [0.2, 0.25) is 0 Å². The van der Waals surface area contributed by atoms with Crippen LogP contribution in [-0.2, 0) is 13.0 Å². The molecule has 0 radical (unpaired) electrons. The average Bonchev–Trinajstić information content (AvgIpc) is 2.56. The Morgan fingerprint density at radius 1 is 0.875 bits per heavy atom. The Balaban J connectivity index is 0.00000288. The lowest BCUT2D eigenvalue weighted by Crippen LogP contribution is -2.38. The zero-order valence-electron chi connectivity index (χ0n) is 13.6. The largest absolute Gasteiger partial charge is 0.357 e. The van der Waals surface area contributed by atoms with Gasteiger partial charge in [0.25, 0.3) is 0 Å². The highest BCUT2D eigenvalue weighted by molar-refractivity contribution is 14.0. The molecule has 3 nitrogen and oxygen atoms in total. The second-order valence-electron chi connectivity index (χ2n) is 5.12. The van der Waals surface area contributed by atoms with Crippen molar-refractivity contribution in [3.05, 3.63) is 71.3 Å². The van der Waals surface area contributed by atoms with Crippen LogP contribution in [0.2, 0.25) is 0 Å². The Morgan fingerprint density at radius 2 is 1.42 bits per heavy atom. The van der Waals surface area contributed by atoms with Gasteiger partial charge >= 0.3 is 0 Å². The predicted molar refractivity (Wildman–Crippen MR) is 105 cm³/mol. The van der Waals surface area contributed by atoms with E-state index < -0.39 is 0 Å². The lowest BCUT2D eigenvalue weighted by atomic mass is 10.1. The minimum atomic E-state index is -0.248. The highest BCUT2D eigenvalue weighted by Crippen LogP contribution is 2.04. The molecule has 0 atom stereocenters. The van der Waals surface area contributed by atoms with E-state index in [0.29, 0.717) is 19.0 Å². The van der Waals surface area contributed by atoms with Gasteiger partial charge < -0.3 is 10.6 Å². The van der Waals surface area contributed by atoms with Crippen molar-refractivity contribution in [2.45, 2.75) is 19.9 Å². The molecule has 0 spiro atoms. The van der Waals surface area contributed by atoms with Gasteiger partial charge in [-0.2, -0.15) is 0 Å². The number of aliphatic imine (C=N–C) groups is 1. The summed E-state index contributed by atoms with van der Waals surface area (Å²) in [6, 6.07) is 12.8. The summed E-state index contributed by atoms with van der Waals surface area (Å²) in [6.45, 7) is 3.92. The summed E-state index contributed by atoms with van der Waals surface area (Å²) in [5.74, 6) is 0.233. The van der Waals surface area contributed by atoms with E-state index in [2.05, 4.69) is 15.6 Å². The Hall–Kier alpha value is -1.70. The van der Waals surface area contributed by atoms with Gasteiger partial charge in [-0.25, -0.2) is 13.8 Å². The van der Waals surface area contributed by atoms with Crippen LogP contribution in [0, 0.1) is 11.6 Å². The Morgan fingerprint density at radius 3 is 1.96 bits per heavy atom. The van der Waals surface area contributed by atoms with Gasteiger partial charge in [-0.15, -0.1) is 24.0 Å². The molecule has 0 aromatic heterocycles. The fourth-order valence-electron chi connectivity index (χ4n) is 2.08.